The summed E-state index contributed by atoms with van der Waals surface area (Å²) >= 11 is 7.41. The Bertz CT molecular complexity index is 196. The monoisotopic (exact) mass is 276 g/mol. The van der Waals surface area contributed by atoms with Gasteiger partial charge in [0.1, 0.15) is 0 Å². The van der Waals surface area contributed by atoms with Crippen molar-refractivity contribution in [2.45, 2.75) is 45.8 Å². The zero-order valence-corrected chi connectivity index (χ0v) is 11.0. The van der Waals surface area contributed by atoms with Crippen LogP contribution in [0.1, 0.15) is 39.5 Å². The van der Waals surface area contributed by atoms with Gasteiger partial charge in [0.15, 0.2) is 6.23 Å². The van der Waals surface area contributed by atoms with Crippen LogP contribution in [0.25, 0.3) is 0 Å². The molecule has 1 amide bonds. The second kappa shape index (κ2) is 11.0. The third kappa shape index (κ3) is 8.08. The molecule has 2 unspecified atom stereocenters. The average molecular weight is 276 g/mol. The van der Waals surface area contributed by atoms with Gasteiger partial charge in [-0.3, -0.25) is 5.73 Å². The molecule has 4 nitrogen and oxygen atoms in total. The molecule has 92 valence electrons. The summed E-state index contributed by atoms with van der Waals surface area (Å²) in [4.78, 5) is 11.1. The van der Waals surface area contributed by atoms with Gasteiger partial charge in [-0.25, -0.2) is 4.79 Å². The van der Waals surface area contributed by atoms with E-state index in [0.29, 0.717) is 0 Å². The normalized spacial score (nSPS) is 13.6. The Morgan fingerprint density at radius 1 is 1.44 bits per heavy atom. The maximum absolute atomic E-state index is 11.1. The third-order valence-corrected chi connectivity index (χ3v) is 2.64. The van der Waals surface area contributed by atoms with Crippen molar-refractivity contribution in [3.8, 4) is 0 Å². The fraction of sp³-hybridized carbons (Fsp3) is 0.889. The Balaban J connectivity index is 0. The Morgan fingerprint density at radius 2 is 2.00 bits per heavy atom. The first kappa shape index (κ1) is 19.3. The van der Waals surface area contributed by atoms with Crippen molar-refractivity contribution >= 4 is 61.3 Å². The molecule has 0 spiro atoms. The first-order valence-corrected chi connectivity index (χ1v) is 5.96. The van der Waals surface area contributed by atoms with Crippen LogP contribution in [0.5, 0.6) is 0 Å². The zero-order valence-electron chi connectivity index (χ0n) is 9.22. The molecule has 0 saturated carbocycles. The Hall–Kier alpha value is 0.930. The maximum atomic E-state index is 11.1. The van der Waals surface area contributed by atoms with E-state index in [1.165, 1.54) is 0 Å². The van der Waals surface area contributed by atoms with Gasteiger partial charge in [0, 0.05) is 5.92 Å². The SMILES string of the molecule is CCCCC(CC)C(N)OC(=O)N(S)S.[NaH]. The topological polar surface area (TPSA) is 55.6 Å². The number of nitrogens with two attached hydrogens (primary N) is 1. The van der Waals surface area contributed by atoms with Crippen LogP contribution in [-0.4, -0.2) is 45.6 Å². The van der Waals surface area contributed by atoms with Gasteiger partial charge >= 0.3 is 35.7 Å². The van der Waals surface area contributed by atoms with Crippen molar-refractivity contribution in [1.29, 1.82) is 0 Å². The Labute approximate surface area is 131 Å². The first-order chi connectivity index (χ1) is 7.02. The molecule has 0 bridgehead atoms. The number of carbonyl (C=O) groups is 1. The van der Waals surface area contributed by atoms with Crippen LogP contribution in [0, 0.1) is 5.92 Å². The first-order valence-electron chi connectivity index (χ1n) is 5.16. The van der Waals surface area contributed by atoms with E-state index in [0.717, 1.165) is 29.4 Å². The van der Waals surface area contributed by atoms with Gasteiger partial charge in [-0.15, -0.1) is 0 Å². The number of carbonyl (C=O) groups excluding carboxylic acids is 1. The number of hydrogen-bond donors (Lipinski definition) is 3. The standard InChI is InChI=1S/C9H20N2O2S2.Na.H/c1-3-5-6-7(4-2)8(10)13-9(12)11(14)15;;/h7-8,14-15H,3-6,10H2,1-2H3;;. The molecule has 2 N–H and O–H groups in total. The van der Waals surface area contributed by atoms with Crippen LogP contribution in [0.2, 0.25) is 0 Å². The molecule has 0 rings (SSSR count). The molecule has 16 heavy (non-hydrogen) atoms. The van der Waals surface area contributed by atoms with E-state index in [1.54, 1.807) is 0 Å². The molecule has 0 aliphatic rings. The molecule has 0 radical (unpaired) electrons. The van der Waals surface area contributed by atoms with Gasteiger partial charge in [-0.05, 0) is 38.5 Å². The van der Waals surface area contributed by atoms with Gasteiger partial charge in [0.25, 0.3) is 0 Å². The summed E-state index contributed by atoms with van der Waals surface area (Å²) in [5.41, 5.74) is 5.77. The van der Waals surface area contributed by atoms with Crippen molar-refractivity contribution in [2.24, 2.45) is 11.7 Å². The van der Waals surface area contributed by atoms with E-state index in [9.17, 15) is 4.79 Å². The molecular weight excluding hydrogens is 255 g/mol. The van der Waals surface area contributed by atoms with Crippen molar-refractivity contribution < 1.29 is 9.53 Å². The van der Waals surface area contributed by atoms with Crippen molar-refractivity contribution in [2.75, 3.05) is 0 Å². The molecule has 0 saturated heterocycles. The van der Waals surface area contributed by atoms with Gasteiger partial charge in [0.2, 0.25) is 0 Å². The minimum atomic E-state index is -0.635. The molecule has 0 aromatic carbocycles. The Morgan fingerprint density at radius 3 is 2.38 bits per heavy atom. The van der Waals surface area contributed by atoms with E-state index in [-0.39, 0.29) is 35.5 Å². The second-order valence-electron chi connectivity index (χ2n) is 3.45. The summed E-state index contributed by atoms with van der Waals surface area (Å²) in [6.45, 7) is 4.15. The van der Waals surface area contributed by atoms with E-state index >= 15 is 0 Å². The molecule has 2 atom stereocenters. The van der Waals surface area contributed by atoms with Crippen LogP contribution in [0.3, 0.4) is 0 Å². The summed E-state index contributed by atoms with van der Waals surface area (Å²) < 4.78 is 5.76. The second-order valence-corrected chi connectivity index (χ2v) is 4.56. The van der Waals surface area contributed by atoms with Crippen molar-refractivity contribution in [1.82, 2.24) is 3.71 Å². The number of nitrogens with zero attached hydrogens (tertiary/aromatic N) is 1. The molecule has 0 heterocycles. The summed E-state index contributed by atoms with van der Waals surface area (Å²) in [6, 6.07) is 0. The predicted octanol–water partition coefficient (Wildman–Crippen LogP) is 1.97. The van der Waals surface area contributed by atoms with Crippen LogP contribution in [0.15, 0.2) is 0 Å². The van der Waals surface area contributed by atoms with Crippen LogP contribution < -0.4 is 5.73 Å². The minimum absolute atomic E-state index is 0. The summed E-state index contributed by atoms with van der Waals surface area (Å²) in [5.74, 6) is 0.204. The van der Waals surface area contributed by atoms with Crippen molar-refractivity contribution in [3.05, 3.63) is 0 Å². The fourth-order valence-electron chi connectivity index (χ4n) is 1.33. The average Bonchev–Trinajstić information content (AvgIpc) is 2.18. The van der Waals surface area contributed by atoms with E-state index < -0.39 is 12.3 Å². The fourth-order valence-corrected chi connectivity index (χ4v) is 1.42. The summed E-state index contributed by atoms with van der Waals surface area (Å²) in [6.07, 6.45) is 2.87. The van der Waals surface area contributed by atoms with Gasteiger partial charge in [-0.1, -0.05) is 26.7 Å². The van der Waals surface area contributed by atoms with E-state index in [4.69, 9.17) is 10.5 Å². The Kier molecular flexibility index (Phi) is 13.3. The molecule has 0 aromatic rings. The third-order valence-electron chi connectivity index (χ3n) is 2.32. The van der Waals surface area contributed by atoms with Gasteiger partial charge < -0.3 is 4.74 Å². The van der Waals surface area contributed by atoms with Gasteiger partial charge in [0.05, 0.1) is 0 Å². The van der Waals surface area contributed by atoms with Crippen LogP contribution >= 0.6 is 25.6 Å². The summed E-state index contributed by atoms with van der Waals surface area (Å²) in [7, 11) is 0. The predicted molar refractivity (Wildman–Crippen MR) is 74.7 cm³/mol. The number of hydrogen-bond acceptors (Lipinski definition) is 5. The molecular formula is C9H21N2NaO2S2. The van der Waals surface area contributed by atoms with E-state index in [1.807, 2.05) is 6.92 Å². The quantitative estimate of drug-likeness (QED) is 0.395. The van der Waals surface area contributed by atoms with Crippen molar-refractivity contribution in [3.63, 3.8) is 0 Å². The number of ether oxygens (including phenoxy) is 1. The van der Waals surface area contributed by atoms with E-state index in [2.05, 4.69) is 32.6 Å². The molecule has 0 fully saturated rings. The number of unbranched alkanes of at least 4 members (excludes halogenated alkanes) is 1. The van der Waals surface area contributed by atoms with Crippen LogP contribution in [0.4, 0.5) is 4.79 Å². The van der Waals surface area contributed by atoms with Gasteiger partial charge in [-0.2, -0.15) is 3.71 Å². The zero-order chi connectivity index (χ0) is 11.8. The molecule has 0 aliphatic heterocycles. The number of amides is 1. The molecule has 7 heteroatoms. The molecule has 0 aliphatic carbocycles. The molecule has 0 aromatic heterocycles. The number of rotatable bonds is 6. The number of thiol groups is 2. The van der Waals surface area contributed by atoms with Crippen LogP contribution in [-0.2, 0) is 4.74 Å². The summed E-state index contributed by atoms with van der Waals surface area (Å²) in [5, 5.41) is 0.